The molecule has 120 valence electrons. The molecule has 2 amide bonds. The fraction of sp³-hybridized carbons (Fsp3) is 0.118. The van der Waals surface area contributed by atoms with Gasteiger partial charge >= 0.3 is 0 Å². The van der Waals surface area contributed by atoms with E-state index in [-0.39, 0.29) is 23.8 Å². The van der Waals surface area contributed by atoms with Gasteiger partial charge in [-0.15, -0.1) is 0 Å². The van der Waals surface area contributed by atoms with Crippen molar-refractivity contribution >= 4 is 29.3 Å². The second-order valence-corrected chi connectivity index (χ2v) is 5.87. The normalized spacial score (nSPS) is 16.0. The molecule has 1 aromatic carbocycles. The summed E-state index contributed by atoms with van der Waals surface area (Å²) >= 11 is 1.19. The Labute approximate surface area is 142 Å². The Bertz CT molecular complexity index is 823. The molecule has 1 saturated heterocycles. The van der Waals surface area contributed by atoms with Gasteiger partial charge in [0.05, 0.1) is 18.6 Å². The lowest BCUT2D eigenvalue weighted by Crippen LogP contribution is -2.29. The topological polar surface area (TPSA) is 86.3 Å². The molecule has 24 heavy (non-hydrogen) atoms. The van der Waals surface area contributed by atoms with Gasteiger partial charge in [0.1, 0.15) is 22.4 Å². The van der Waals surface area contributed by atoms with E-state index in [1.54, 1.807) is 36.4 Å². The van der Waals surface area contributed by atoms with E-state index in [4.69, 9.17) is 4.42 Å². The lowest BCUT2D eigenvalue weighted by atomic mass is 10.2. The molecule has 1 aliphatic rings. The minimum absolute atomic E-state index is 0.0822. The number of benzene rings is 1. The average Bonchev–Trinajstić information content (AvgIpc) is 3.24. The number of rotatable bonds is 4. The van der Waals surface area contributed by atoms with Crippen LogP contribution in [0.5, 0.6) is 0 Å². The Morgan fingerprint density at radius 3 is 2.75 bits per heavy atom. The van der Waals surface area contributed by atoms with E-state index in [0.29, 0.717) is 16.5 Å². The van der Waals surface area contributed by atoms with Gasteiger partial charge in [0.25, 0.3) is 5.91 Å². The summed E-state index contributed by atoms with van der Waals surface area (Å²) in [6.07, 6.45) is 1.51. The van der Waals surface area contributed by atoms with E-state index in [0.717, 1.165) is 0 Å². The third-order valence-corrected chi connectivity index (χ3v) is 4.41. The molecule has 7 heteroatoms. The third kappa shape index (κ3) is 3.19. The van der Waals surface area contributed by atoms with Gasteiger partial charge in [-0.05, 0) is 24.3 Å². The smallest absolute Gasteiger partial charge is 0.265 e. The summed E-state index contributed by atoms with van der Waals surface area (Å²) in [5.74, 6) is 0.0847. The molecule has 0 saturated carbocycles. The summed E-state index contributed by atoms with van der Waals surface area (Å²) in [5, 5.41) is 12.4. The van der Waals surface area contributed by atoms with E-state index in [1.165, 1.54) is 22.9 Å². The van der Waals surface area contributed by atoms with Gasteiger partial charge in [0.15, 0.2) is 0 Å². The number of carbonyl (C=O) groups is 2. The van der Waals surface area contributed by atoms with Crippen LogP contribution in [0.1, 0.15) is 5.76 Å². The van der Waals surface area contributed by atoms with Crippen LogP contribution in [-0.2, 0) is 16.1 Å². The number of nitrogens with one attached hydrogen (secondary N) is 1. The van der Waals surface area contributed by atoms with Crippen LogP contribution in [0.4, 0.5) is 5.69 Å². The highest BCUT2D eigenvalue weighted by molar-refractivity contribution is 8.04. The Kier molecular flexibility index (Phi) is 4.68. The fourth-order valence-electron chi connectivity index (χ4n) is 2.26. The number of furan rings is 1. The second kappa shape index (κ2) is 7.06. The number of anilines is 1. The monoisotopic (exact) mass is 339 g/mol. The molecule has 2 aromatic rings. The van der Waals surface area contributed by atoms with Gasteiger partial charge in [-0.3, -0.25) is 14.5 Å². The van der Waals surface area contributed by atoms with E-state index in [9.17, 15) is 14.9 Å². The van der Waals surface area contributed by atoms with Crippen molar-refractivity contribution in [1.29, 1.82) is 5.26 Å². The standard InChI is InChI=1S/C17H13N3O3S/c18-9-14(16(22)19-10-13-7-4-8-23-13)17-20(15(21)11-24-17)12-5-2-1-3-6-12/h1-8H,10-11H2,(H,19,22). The molecule has 6 nitrogen and oxygen atoms in total. The number of amides is 2. The Balaban J connectivity index is 1.87. The molecule has 3 rings (SSSR count). The van der Waals surface area contributed by atoms with Crippen molar-refractivity contribution in [3.05, 3.63) is 65.1 Å². The van der Waals surface area contributed by atoms with E-state index in [1.807, 2.05) is 12.1 Å². The van der Waals surface area contributed by atoms with Crippen LogP contribution >= 0.6 is 11.8 Å². The molecule has 0 atom stereocenters. The van der Waals surface area contributed by atoms with Gasteiger partial charge in [0.2, 0.25) is 5.91 Å². The minimum Gasteiger partial charge on any atom is -0.467 e. The molecular formula is C17H13N3O3S. The molecular weight excluding hydrogens is 326 g/mol. The zero-order chi connectivity index (χ0) is 16.9. The SMILES string of the molecule is N#CC(C(=O)NCc1ccco1)=C1SCC(=O)N1c1ccccc1. The summed E-state index contributed by atoms with van der Waals surface area (Å²) in [4.78, 5) is 26.0. The molecule has 2 heterocycles. The highest BCUT2D eigenvalue weighted by atomic mass is 32.2. The maximum absolute atomic E-state index is 12.4. The maximum Gasteiger partial charge on any atom is 0.265 e. The van der Waals surface area contributed by atoms with Crippen LogP contribution in [-0.4, -0.2) is 17.6 Å². The van der Waals surface area contributed by atoms with Crippen molar-refractivity contribution in [3.8, 4) is 6.07 Å². The fourth-order valence-corrected chi connectivity index (χ4v) is 3.27. The van der Waals surface area contributed by atoms with Crippen LogP contribution in [0.3, 0.4) is 0 Å². The van der Waals surface area contributed by atoms with Crippen molar-refractivity contribution in [2.75, 3.05) is 10.7 Å². The number of hydrogen-bond acceptors (Lipinski definition) is 5. The Hall–Kier alpha value is -2.98. The number of hydrogen-bond donors (Lipinski definition) is 1. The molecule has 0 radical (unpaired) electrons. The first-order valence-electron chi connectivity index (χ1n) is 7.16. The van der Waals surface area contributed by atoms with Crippen LogP contribution in [0.2, 0.25) is 0 Å². The predicted molar refractivity (Wildman–Crippen MR) is 89.6 cm³/mol. The lowest BCUT2D eigenvalue weighted by Gasteiger charge is -2.18. The van der Waals surface area contributed by atoms with Crippen LogP contribution in [0, 0.1) is 11.3 Å². The molecule has 0 unspecified atom stereocenters. The number of thioether (sulfide) groups is 1. The molecule has 1 fully saturated rings. The highest BCUT2D eigenvalue weighted by Crippen LogP contribution is 2.35. The number of nitrogens with zero attached hydrogens (tertiary/aromatic N) is 2. The average molecular weight is 339 g/mol. The first-order valence-corrected chi connectivity index (χ1v) is 8.15. The minimum atomic E-state index is -0.535. The van der Waals surface area contributed by atoms with Gasteiger partial charge in [0, 0.05) is 5.69 Å². The molecule has 1 N–H and O–H groups in total. The van der Waals surface area contributed by atoms with Gasteiger partial charge in [-0.2, -0.15) is 5.26 Å². The van der Waals surface area contributed by atoms with Crippen molar-refractivity contribution in [2.24, 2.45) is 0 Å². The molecule has 1 aromatic heterocycles. The summed E-state index contributed by atoms with van der Waals surface area (Å²) < 4.78 is 5.15. The first-order chi connectivity index (χ1) is 11.7. The largest absolute Gasteiger partial charge is 0.467 e. The van der Waals surface area contributed by atoms with Crippen LogP contribution < -0.4 is 10.2 Å². The Morgan fingerprint density at radius 1 is 1.29 bits per heavy atom. The highest BCUT2D eigenvalue weighted by Gasteiger charge is 2.32. The number of nitriles is 1. The van der Waals surface area contributed by atoms with Crippen molar-refractivity contribution in [2.45, 2.75) is 6.54 Å². The van der Waals surface area contributed by atoms with E-state index in [2.05, 4.69) is 5.32 Å². The molecule has 0 spiro atoms. The summed E-state index contributed by atoms with van der Waals surface area (Å²) in [7, 11) is 0. The number of carbonyl (C=O) groups excluding carboxylic acids is 2. The summed E-state index contributed by atoms with van der Waals surface area (Å²) in [6, 6.07) is 14.3. The number of para-hydroxylation sites is 1. The van der Waals surface area contributed by atoms with Crippen molar-refractivity contribution in [1.82, 2.24) is 5.32 Å². The Morgan fingerprint density at radius 2 is 2.08 bits per heavy atom. The van der Waals surface area contributed by atoms with E-state index < -0.39 is 5.91 Å². The molecule has 1 aliphatic heterocycles. The third-order valence-electron chi connectivity index (χ3n) is 3.36. The van der Waals surface area contributed by atoms with Crippen molar-refractivity contribution in [3.63, 3.8) is 0 Å². The summed E-state index contributed by atoms with van der Waals surface area (Å²) in [5.41, 5.74) is 0.551. The lowest BCUT2D eigenvalue weighted by molar-refractivity contribution is -0.117. The zero-order valence-corrected chi connectivity index (χ0v) is 13.4. The quantitative estimate of drug-likeness (QED) is 0.683. The predicted octanol–water partition coefficient (Wildman–Crippen LogP) is 2.41. The zero-order valence-electron chi connectivity index (χ0n) is 12.6. The maximum atomic E-state index is 12.4. The summed E-state index contributed by atoms with van der Waals surface area (Å²) in [6.45, 7) is 0.175. The van der Waals surface area contributed by atoms with E-state index >= 15 is 0 Å². The first kappa shape index (κ1) is 15.9. The van der Waals surface area contributed by atoms with Crippen LogP contribution in [0.15, 0.2) is 63.7 Å². The second-order valence-electron chi connectivity index (χ2n) is 4.91. The van der Waals surface area contributed by atoms with Crippen LogP contribution in [0.25, 0.3) is 0 Å². The van der Waals surface area contributed by atoms with Crippen molar-refractivity contribution < 1.29 is 14.0 Å². The molecule has 0 bridgehead atoms. The molecule has 0 aliphatic carbocycles. The van der Waals surface area contributed by atoms with Gasteiger partial charge < -0.3 is 9.73 Å². The van der Waals surface area contributed by atoms with Gasteiger partial charge in [-0.1, -0.05) is 30.0 Å². The van der Waals surface area contributed by atoms with Gasteiger partial charge in [-0.25, -0.2) is 0 Å².